The Hall–Kier alpha value is -3.94. The van der Waals surface area contributed by atoms with E-state index < -0.39 is 17.5 Å². The second kappa shape index (κ2) is 8.66. The van der Waals surface area contributed by atoms with Gasteiger partial charge in [-0.3, -0.25) is 9.59 Å². The minimum Gasteiger partial charge on any atom is -0.492 e. The largest absolute Gasteiger partial charge is 0.492 e. The molecule has 2 heterocycles. The zero-order chi connectivity index (χ0) is 22.8. The lowest BCUT2D eigenvalue weighted by molar-refractivity contribution is -0.111. The van der Waals surface area contributed by atoms with Gasteiger partial charge in [0.2, 0.25) is 5.91 Å². The smallest absolute Gasteiger partial charge is 0.257 e. The van der Waals surface area contributed by atoms with Crippen molar-refractivity contribution in [3.05, 3.63) is 82.8 Å². The van der Waals surface area contributed by atoms with Crippen molar-refractivity contribution in [1.82, 2.24) is 4.57 Å². The number of nitrogens with zero attached hydrogens (tertiary/aromatic N) is 1. The molecule has 1 aromatic heterocycles. The lowest BCUT2D eigenvalue weighted by Gasteiger charge is -2.22. The van der Waals surface area contributed by atoms with Crippen LogP contribution in [-0.4, -0.2) is 17.1 Å². The summed E-state index contributed by atoms with van der Waals surface area (Å²) < 4.78 is 40.6. The minimum absolute atomic E-state index is 0.161. The van der Waals surface area contributed by atoms with Crippen LogP contribution in [-0.2, 0) is 18.3 Å². The summed E-state index contributed by atoms with van der Waals surface area (Å²) in [6.45, 7) is 3.89. The first kappa shape index (κ1) is 21.3. The summed E-state index contributed by atoms with van der Waals surface area (Å²) in [6.07, 6.45) is 4.01. The molecule has 0 radical (unpaired) electrons. The Balaban J connectivity index is 1.89. The van der Waals surface area contributed by atoms with Gasteiger partial charge in [0.05, 0.1) is 12.2 Å². The quantitative estimate of drug-likeness (QED) is 0.593. The Kier molecular flexibility index (Phi) is 5.77. The average Bonchev–Trinajstić information content (AvgIpc) is 2.79. The molecule has 3 aromatic rings. The van der Waals surface area contributed by atoms with E-state index in [0.29, 0.717) is 47.6 Å². The van der Waals surface area contributed by atoms with Crippen LogP contribution in [0.5, 0.6) is 17.2 Å². The number of carbonyl (C=O) groups is 1. The zero-order valence-corrected chi connectivity index (χ0v) is 17.3. The number of anilines is 1. The number of fused-ring (bicyclic) bond motifs is 1. The van der Waals surface area contributed by atoms with Gasteiger partial charge in [0.1, 0.15) is 17.3 Å². The fourth-order valence-corrected chi connectivity index (χ4v) is 3.56. The molecule has 0 spiro atoms. The van der Waals surface area contributed by atoms with Crippen molar-refractivity contribution in [2.24, 2.45) is 7.05 Å². The molecule has 0 saturated heterocycles. The first-order valence-corrected chi connectivity index (χ1v) is 9.93. The third-order valence-corrected chi connectivity index (χ3v) is 5.07. The Morgan fingerprint density at radius 2 is 1.97 bits per heavy atom. The van der Waals surface area contributed by atoms with Crippen LogP contribution in [0.2, 0.25) is 0 Å². The maximum atomic E-state index is 14.3. The van der Waals surface area contributed by atoms with Crippen molar-refractivity contribution >= 4 is 11.6 Å². The molecule has 0 atom stereocenters. The predicted molar refractivity (Wildman–Crippen MR) is 116 cm³/mol. The van der Waals surface area contributed by atoms with Crippen LogP contribution in [0.25, 0.3) is 11.1 Å². The molecule has 164 valence electrons. The molecule has 0 saturated carbocycles. The van der Waals surface area contributed by atoms with Crippen molar-refractivity contribution in [3.63, 3.8) is 0 Å². The van der Waals surface area contributed by atoms with E-state index >= 15 is 0 Å². The van der Waals surface area contributed by atoms with Gasteiger partial charge >= 0.3 is 0 Å². The highest BCUT2D eigenvalue weighted by Gasteiger charge is 2.23. The van der Waals surface area contributed by atoms with E-state index in [1.54, 1.807) is 31.4 Å². The monoisotopic (exact) mass is 438 g/mol. The molecule has 0 aliphatic carbocycles. The van der Waals surface area contributed by atoms with E-state index in [2.05, 4.69) is 11.9 Å². The molecule has 0 unspecified atom stereocenters. The maximum Gasteiger partial charge on any atom is 0.257 e. The summed E-state index contributed by atoms with van der Waals surface area (Å²) in [4.78, 5) is 24.4. The molecule has 0 bridgehead atoms. The van der Waals surface area contributed by atoms with E-state index in [4.69, 9.17) is 9.47 Å². The van der Waals surface area contributed by atoms with Gasteiger partial charge in [-0.05, 0) is 49.2 Å². The van der Waals surface area contributed by atoms with Crippen LogP contribution < -0.4 is 20.3 Å². The number of ether oxygens (including phenoxy) is 2. The van der Waals surface area contributed by atoms with Crippen molar-refractivity contribution in [2.45, 2.75) is 12.8 Å². The number of carbonyl (C=O) groups excluding carboxylic acids is 1. The van der Waals surface area contributed by atoms with Gasteiger partial charge in [0.25, 0.3) is 5.56 Å². The topological polar surface area (TPSA) is 69.6 Å². The first-order chi connectivity index (χ1) is 15.4. The summed E-state index contributed by atoms with van der Waals surface area (Å²) in [5.41, 5.74) is 1.83. The number of nitrogens with one attached hydrogen (secondary N) is 1. The molecule has 4 rings (SSSR count). The van der Waals surface area contributed by atoms with Gasteiger partial charge in [-0.15, -0.1) is 0 Å². The maximum absolute atomic E-state index is 14.3. The van der Waals surface area contributed by atoms with E-state index in [1.165, 1.54) is 10.6 Å². The fourth-order valence-electron chi connectivity index (χ4n) is 3.56. The molecule has 2 aromatic carbocycles. The van der Waals surface area contributed by atoms with E-state index in [9.17, 15) is 18.4 Å². The van der Waals surface area contributed by atoms with Gasteiger partial charge in [0.15, 0.2) is 11.6 Å². The van der Waals surface area contributed by atoms with Crippen molar-refractivity contribution in [3.8, 4) is 28.4 Å². The van der Waals surface area contributed by atoms with E-state index in [0.717, 1.165) is 18.2 Å². The second-order valence-corrected chi connectivity index (χ2v) is 7.30. The standard InChI is InChI=1S/C24H20F2N2O4/c1-3-22(29)27-15-7-9-20(32-21-8-6-14(25)11-19(21)26)17(12-15)18-13-28(2)24(30)16-5-4-10-31-23(16)18/h3,6-9,11-13H,1,4-5,10H2,2H3,(H,27,29). The van der Waals surface area contributed by atoms with Crippen LogP contribution in [0.3, 0.4) is 0 Å². The number of rotatable bonds is 5. The Labute approximate surface area is 182 Å². The van der Waals surface area contributed by atoms with Gasteiger partial charge in [-0.25, -0.2) is 8.78 Å². The molecular formula is C24H20F2N2O4. The molecule has 0 fully saturated rings. The summed E-state index contributed by atoms with van der Waals surface area (Å²) in [5, 5.41) is 2.67. The van der Waals surface area contributed by atoms with Crippen LogP contribution in [0, 0.1) is 11.6 Å². The molecule has 1 aliphatic rings. The highest BCUT2D eigenvalue weighted by molar-refractivity contribution is 5.99. The van der Waals surface area contributed by atoms with Gasteiger partial charge in [-0.1, -0.05) is 6.58 Å². The van der Waals surface area contributed by atoms with Crippen molar-refractivity contribution in [2.75, 3.05) is 11.9 Å². The third kappa shape index (κ3) is 4.12. The third-order valence-electron chi connectivity index (χ3n) is 5.07. The average molecular weight is 438 g/mol. The van der Waals surface area contributed by atoms with E-state index in [1.807, 2.05) is 0 Å². The number of aryl methyl sites for hydroxylation is 1. The predicted octanol–water partition coefficient (Wildman–Crippen LogP) is 4.57. The van der Waals surface area contributed by atoms with Gasteiger partial charge < -0.3 is 19.4 Å². The van der Waals surface area contributed by atoms with Gasteiger partial charge in [0, 0.05) is 36.1 Å². The Morgan fingerprint density at radius 3 is 2.72 bits per heavy atom. The number of hydrogen-bond donors (Lipinski definition) is 1. The van der Waals surface area contributed by atoms with Crippen molar-refractivity contribution in [1.29, 1.82) is 0 Å². The highest BCUT2D eigenvalue weighted by Crippen LogP contribution is 2.42. The summed E-state index contributed by atoms with van der Waals surface area (Å²) >= 11 is 0. The molecule has 32 heavy (non-hydrogen) atoms. The molecule has 1 N–H and O–H groups in total. The first-order valence-electron chi connectivity index (χ1n) is 9.93. The molecular weight excluding hydrogens is 418 g/mol. The van der Waals surface area contributed by atoms with Gasteiger partial charge in [-0.2, -0.15) is 0 Å². The number of amides is 1. The Morgan fingerprint density at radius 1 is 1.19 bits per heavy atom. The zero-order valence-electron chi connectivity index (χ0n) is 17.3. The minimum atomic E-state index is -0.862. The number of hydrogen-bond acceptors (Lipinski definition) is 4. The molecule has 1 amide bonds. The highest BCUT2D eigenvalue weighted by atomic mass is 19.1. The number of pyridine rings is 1. The Bertz CT molecular complexity index is 1280. The van der Waals surface area contributed by atoms with Crippen LogP contribution in [0.4, 0.5) is 14.5 Å². The normalized spacial score (nSPS) is 12.5. The number of halogens is 2. The van der Waals surface area contributed by atoms with Crippen molar-refractivity contribution < 1.29 is 23.0 Å². The van der Waals surface area contributed by atoms with Crippen LogP contribution in [0.1, 0.15) is 12.0 Å². The van der Waals surface area contributed by atoms with Crippen LogP contribution >= 0.6 is 0 Å². The lowest BCUT2D eigenvalue weighted by Crippen LogP contribution is -2.25. The van der Waals surface area contributed by atoms with E-state index in [-0.39, 0.29) is 17.1 Å². The lowest BCUT2D eigenvalue weighted by atomic mass is 9.98. The number of benzene rings is 2. The molecule has 8 heteroatoms. The molecule has 6 nitrogen and oxygen atoms in total. The summed E-state index contributed by atoms with van der Waals surface area (Å²) in [6, 6.07) is 7.78. The number of aromatic nitrogens is 1. The summed E-state index contributed by atoms with van der Waals surface area (Å²) in [5.74, 6) is -1.50. The fraction of sp³-hybridized carbons (Fsp3) is 0.167. The SMILES string of the molecule is C=CC(=O)Nc1ccc(Oc2ccc(F)cc2F)c(-c2cn(C)c(=O)c3c2OCCC3)c1. The van der Waals surface area contributed by atoms with Crippen LogP contribution in [0.15, 0.2) is 60.0 Å². The molecule has 1 aliphatic heterocycles. The second-order valence-electron chi connectivity index (χ2n) is 7.30. The summed E-state index contributed by atoms with van der Waals surface area (Å²) in [7, 11) is 1.63.